The van der Waals surface area contributed by atoms with Gasteiger partial charge in [0, 0.05) is 32.2 Å². The Kier molecular flexibility index (Phi) is 1.41. The van der Waals surface area contributed by atoms with Crippen LogP contribution in [0.15, 0.2) is 6.07 Å². The number of hydrogen-bond acceptors (Lipinski definition) is 4. The standard InChI is InChI=1S/C8H9ClN4/c9-6-5-7(12-1-2-12)11-8(10-6)13-3-4-13/h5H,1-4H2. The first-order chi connectivity index (χ1) is 6.33. The summed E-state index contributed by atoms with van der Waals surface area (Å²) in [5, 5.41) is 0.541. The summed E-state index contributed by atoms with van der Waals surface area (Å²) in [4.78, 5) is 12.8. The first-order valence-electron chi connectivity index (χ1n) is 4.37. The largest absolute Gasteiger partial charge is 0.353 e. The van der Waals surface area contributed by atoms with Crippen molar-refractivity contribution in [3.05, 3.63) is 11.2 Å². The van der Waals surface area contributed by atoms with Gasteiger partial charge in [0.25, 0.3) is 0 Å². The molecule has 0 radical (unpaired) electrons. The quantitative estimate of drug-likeness (QED) is 0.517. The molecule has 1 aromatic heterocycles. The van der Waals surface area contributed by atoms with Crippen molar-refractivity contribution >= 4 is 23.4 Å². The van der Waals surface area contributed by atoms with Crippen molar-refractivity contribution in [1.82, 2.24) is 9.97 Å². The van der Waals surface area contributed by atoms with Crippen LogP contribution in [0.1, 0.15) is 0 Å². The second-order valence-electron chi connectivity index (χ2n) is 3.32. The fraction of sp³-hybridized carbons (Fsp3) is 0.500. The molecule has 3 rings (SSSR count). The van der Waals surface area contributed by atoms with Gasteiger partial charge in [0.1, 0.15) is 11.0 Å². The fourth-order valence-electron chi connectivity index (χ4n) is 1.23. The van der Waals surface area contributed by atoms with Gasteiger partial charge in [0.05, 0.1) is 0 Å². The second-order valence-corrected chi connectivity index (χ2v) is 3.71. The van der Waals surface area contributed by atoms with Crippen molar-refractivity contribution in [3.8, 4) is 0 Å². The first-order valence-corrected chi connectivity index (χ1v) is 4.75. The molecule has 0 N–H and O–H groups in total. The van der Waals surface area contributed by atoms with E-state index in [0.29, 0.717) is 5.15 Å². The highest BCUT2D eigenvalue weighted by molar-refractivity contribution is 6.29. The minimum atomic E-state index is 0.541. The highest BCUT2D eigenvalue weighted by atomic mass is 35.5. The molecule has 0 saturated carbocycles. The van der Waals surface area contributed by atoms with E-state index in [9.17, 15) is 0 Å². The molecule has 0 aromatic carbocycles. The maximum Gasteiger partial charge on any atom is 0.228 e. The van der Waals surface area contributed by atoms with Crippen molar-refractivity contribution in [3.63, 3.8) is 0 Å². The van der Waals surface area contributed by atoms with E-state index in [1.165, 1.54) is 0 Å². The molecule has 4 nitrogen and oxygen atoms in total. The Hall–Kier alpha value is -1.03. The third-order valence-corrected chi connectivity index (χ3v) is 2.36. The number of anilines is 2. The highest BCUT2D eigenvalue weighted by Crippen LogP contribution is 2.26. The van der Waals surface area contributed by atoms with Crippen LogP contribution in [0.4, 0.5) is 11.8 Å². The van der Waals surface area contributed by atoms with E-state index in [4.69, 9.17) is 11.6 Å². The molecule has 3 heterocycles. The molecule has 2 saturated heterocycles. The number of nitrogens with zero attached hydrogens (tertiary/aromatic N) is 4. The van der Waals surface area contributed by atoms with Gasteiger partial charge < -0.3 is 9.80 Å². The van der Waals surface area contributed by atoms with Gasteiger partial charge in [-0.1, -0.05) is 11.6 Å². The van der Waals surface area contributed by atoms with Crippen LogP contribution in [0.2, 0.25) is 5.15 Å². The Bertz CT molecular complexity index is 316. The monoisotopic (exact) mass is 196 g/mol. The highest BCUT2D eigenvalue weighted by Gasteiger charge is 2.25. The van der Waals surface area contributed by atoms with E-state index < -0.39 is 0 Å². The van der Waals surface area contributed by atoms with Crippen LogP contribution in [0.3, 0.4) is 0 Å². The van der Waals surface area contributed by atoms with Crippen molar-refractivity contribution < 1.29 is 0 Å². The Morgan fingerprint density at radius 1 is 1.08 bits per heavy atom. The van der Waals surface area contributed by atoms with Gasteiger partial charge in [-0.25, -0.2) is 4.98 Å². The summed E-state index contributed by atoms with van der Waals surface area (Å²) in [6.45, 7) is 4.29. The van der Waals surface area contributed by atoms with Crippen molar-refractivity contribution in [2.24, 2.45) is 0 Å². The molecule has 0 amide bonds. The molecule has 0 spiro atoms. The summed E-state index contributed by atoms with van der Waals surface area (Å²) < 4.78 is 0. The number of hydrogen-bond donors (Lipinski definition) is 0. The predicted octanol–water partition coefficient (Wildman–Crippen LogP) is 0.770. The molecule has 1 aromatic rings. The lowest BCUT2D eigenvalue weighted by Crippen LogP contribution is -2.02. The molecule has 68 valence electrons. The lowest BCUT2D eigenvalue weighted by Gasteiger charge is -2.05. The minimum absolute atomic E-state index is 0.541. The number of rotatable bonds is 2. The molecule has 0 aliphatic carbocycles. The van der Waals surface area contributed by atoms with E-state index in [0.717, 1.165) is 37.9 Å². The molecule has 2 fully saturated rings. The van der Waals surface area contributed by atoms with E-state index in [1.807, 2.05) is 6.07 Å². The normalized spacial score (nSPS) is 19.2. The van der Waals surface area contributed by atoms with Gasteiger partial charge >= 0.3 is 0 Å². The minimum Gasteiger partial charge on any atom is -0.353 e. The Morgan fingerprint density at radius 2 is 1.77 bits per heavy atom. The molecule has 0 atom stereocenters. The van der Waals surface area contributed by atoms with Crippen molar-refractivity contribution in [1.29, 1.82) is 0 Å². The Balaban J connectivity index is 1.99. The van der Waals surface area contributed by atoms with Gasteiger partial charge in [-0.05, 0) is 0 Å². The van der Waals surface area contributed by atoms with E-state index >= 15 is 0 Å². The van der Waals surface area contributed by atoms with Crippen molar-refractivity contribution in [2.75, 3.05) is 36.0 Å². The zero-order valence-corrected chi connectivity index (χ0v) is 7.83. The van der Waals surface area contributed by atoms with Gasteiger partial charge in [0.15, 0.2) is 0 Å². The predicted molar refractivity (Wildman–Crippen MR) is 51.5 cm³/mol. The summed E-state index contributed by atoms with van der Waals surface area (Å²) in [7, 11) is 0. The maximum absolute atomic E-state index is 5.89. The molecule has 5 heteroatoms. The zero-order valence-electron chi connectivity index (χ0n) is 7.07. The van der Waals surface area contributed by atoms with Crippen LogP contribution in [0, 0.1) is 0 Å². The molecule has 0 bridgehead atoms. The SMILES string of the molecule is Clc1cc(N2CC2)nc(N2CC2)n1. The third-order valence-electron chi connectivity index (χ3n) is 2.17. The molecular formula is C8H9ClN4. The van der Waals surface area contributed by atoms with Crippen LogP contribution in [0.5, 0.6) is 0 Å². The topological polar surface area (TPSA) is 31.8 Å². The Labute approximate surface area is 81.1 Å². The molecule has 2 aliphatic rings. The van der Waals surface area contributed by atoms with Crippen LogP contribution >= 0.6 is 11.6 Å². The molecule has 0 unspecified atom stereocenters. The second kappa shape index (κ2) is 2.48. The van der Waals surface area contributed by atoms with E-state index in [-0.39, 0.29) is 0 Å². The van der Waals surface area contributed by atoms with Crippen LogP contribution in [0.25, 0.3) is 0 Å². The summed E-state index contributed by atoms with van der Waals surface area (Å²) >= 11 is 5.89. The van der Waals surface area contributed by atoms with Crippen molar-refractivity contribution in [2.45, 2.75) is 0 Å². The van der Waals surface area contributed by atoms with Crippen LogP contribution < -0.4 is 9.80 Å². The third kappa shape index (κ3) is 1.42. The van der Waals surface area contributed by atoms with Gasteiger partial charge in [-0.3, -0.25) is 0 Å². The van der Waals surface area contributed by atoms with Gasteiger partial charge in [-0.2, -0.15) is 4.98 Å². The number of halogens is 1. The van der Waals surface area contributed by atoms with Crippen LogP contribution in [-0.2, 0) is 0 Å². The smallest absolute Gasteiger partial charge is 0.228 e. The fourth-order valence-corrected chi connectivity index (χ4v) is 1.40. The summed E-state index contributed by atoms with van der Waals surface area (Å²) in [5.74, 6) is 1.73. The van der Waals surface area contributed by atoms with Gasteiger partial charge in [-0.15, -0.1) is 0 Å². The first kappa shape index (κ1) is 7.38. The Morgan fingerprint density at radius 3 is 2.38 bits per heavy atom. The average molecular weight is 197 g/mol. The van der Waals surface area contributed by atoms with E-state index in [1.54, 1.807) is 0 Å². The van der Waals surface area contributed by atoms with Gasteiger partial charge in [0.2, 0.25) is 5.95 Å². The molecule has 2 aliphatic heterocycles. The van der Waals surface area contributed by atoms with E-state index in [2.05, 4.69) is 19.8 Å². The zero-order chi connectivity index (χ0) is 8.84. The molecule has 13 heavy (non-hydrogen) atoms. The number of aromatic nitrogens is 2. The maximum atomic E-state index is 5.89. The summed E-state index contributed by atoms with van der Waals surface area (Å²) in [6, 6.07) is 1.82. The lowest BCUT2D eigenvalue weighted by atomic mass is 10.6. The molecular weight excluding hydrogens is 188 g/mol. The summed E-state index contributed by atoms with van der Waals surface area (Å²) in [5.41, 5.74) is 0. The van der Waals surface area contributed by atoms with Crippen LogP contribution in [-0.4, -0.2) is 36.1 Å². The lowest BCUT2D eigenvalue weighted by molar-refractivity contribution is 1.09. The summed E-state index contributed by atoms with van der Waals surface area (Å²) in [6.07, 6.45) is 0. The average Bonchev–Trinajstić information content (AvgIpc) is 2.98.